The van der Waals surface area contributed by atoms with Crippen LogP contribution in [0.4, 0.5) is 13.2 Å². The fourth-order valence-corrected chi connectivity index (χ4v) is 3.45. The second kappa shape index (κ2) is 7.30. The van der Waals surface area contributed by atoms with Gasteiger partial charge in [0.2, 0.25) is 0 Å². The maximum atomic E-state index is 13.3. The average molecular weight is 299 g/mol. The van der Waals surface area contributed by atoms with E-state index in [0.717, 1.165) is 45.2 Å². The molecule has 1 fully saturated rings. The molecule has 0 heterocycles. The highest BCUT2D eigenvalue weighted by atomic mass is 19.4. The van der Waals surface area contributed by atoms with Crippen LogP contribution in [-0.4, -0.2) is 13.1 Å². The van der Waals surface area contributed by atoms with E-state index >= 15 is 0 Å². The van der Waals surface area contributed by atoms with Crippen LogP contribution in [0.5, 0.6) is 0 Å². The summed E-state index contributed by atoms with van der Waals surface area (Å²) < 4.78 is 39.8. The molecule has 2 unspecified atom stereocenters. The van der Waals surface area contributed by atoms with E-state index in [0.29, 0.717) is 11.5 Å². The van der Waals surface area contributed by atoms with Crippen molar-refractivity contribution in [2.75, 3.05) is 13.1 Å². The van der Waals surface area contributed by atoms with Gasteiger partial charge < -0.3 is 5.32 Å². The van der Waals surface area contributed by atoms with Crippen molar-refractivity contribution in [3.63, 3.8) is 0 Å². The van der Waals surface area contributed by atoms with Gasteiger partial charge >= 0.3 is 6.18 Å². The Morgan fingerprint density at radius 3 is 2.52 bits per heavy atom. The molecule has 0 bridgehead atoms. The predicted octanol–water partition coefficient (Wildman–Crippen LogP) is 4.98. The number of alkyl halides is 3. The van der Waals surface area contributed by atoms with E-state index in [4.69, 9.17) is 0 Å². The highest BCUT2D eigenvalue weighted by molar-refractivity contribution is 5.33. The first kappa shape index (κ1) is 16.3. The molecule has 1 saturated carbocycles. The fraction of sp³-hybridized carbons (Fsp3) is 0.647. The van der Waals surface area contributed by atoms with E-state index in [9.17, 15) is 13.2 Å². The molecule has 0 amide bonds. The number of benzene rings is 1. The predicted molar refractivity (Wildman–Crippen MR) is 79.3 cm³/mol. The second-order valence-corrected chi connectivity index (χ2v) is 5.90. The van der Waals surface area contributed by atoms with Crippen molar-refractivity contribution in [2.45, 2.75) is 51.1 Å². The second-order valence-electron chi connectivity index (χ2n) is 5.90. The molecule has 1 nitrogen and oxygen atoms in total. The van der Waals surface area contributed by atoms with Gasteiger partial charge in [0.15, 0.2) is 0 Å². The summed E-state index contributed by atoms with van der Waals surface area (Å²) >= 11 is 0. The molecule has 21 heavy (non-hydrogen) atoms. The summed E-state index contributed by atoms with van der Waals surface area (Å²) in [5, 5.41) is 3.32. The monoisotopic (exact) mass is 299 g/mol. The van der Waals surface area contributed by atoms with Crippen LogP contribution in [0.2, 0.25) is 0 Å². The van der Waals surface area contributed by atoms with Gasteiger partial charge in [-0.15, -0.1) is 0 Å². The lowest BCUT2D eigenvalue weighted by molar-refractivity contribution is -0.138. The maximum Gasteiger partial charge on any atom is 0.416 e. The molecule has 1 aromatic rings. The highest BCUT2D eigenvalue weighted by Crippen LogP contribution is 2.42. The Labute approximate surface area is 124 Å². The highest BCUT2D eigenvalue weighted by Gasteiger charge is 2.36. The Bertz CT molecular complexity index is 442. The molecule has 1 N–H and O–H groups in total. The van der Waals surface area contributed by atoms with E-state index in [1.165, 1.54) is 12.1 Å². The first-order valence-corrected chi connectivity index (χ1v) is 7.91. The number of hydrogen-bond acceptors (Lipinski definition) is 1. The molecule has 1 aliphatic carbocycles. The Morgan fingerprint density at radius 2 is 1.81 bits per heavy atom. The number of hydrogen-bond donors (Lipinski definition) is 1. The van der Waals surface area contributed by atoms with Gasteiger partial charge in [-0.2, -0.15) is 13.2 Å². The zero-order chi connectivity index (χ0) is 15.3. The zero-order valence-electron chi connectivity index (χ0n) is 12.5. The molecular weight excluding hydrogens is 275 g/mol. The fourth-order valence-electron chi connectivity index (χ4n) is 3.45. The molecule has 0 radical (unpaired) electrons. The van der Waals surface area contributed by atoms with E-state index < -0.39 is 11.7 Å². The van der Waals surface area contributed by atoms with Crippen LogP contribution in [0, 0.1) is 5.92 Å². The normalized spacial score (nSPS) is 23.8. The van der Waals surface area contributed by atoms with Crippen LogP contribution < -0.4 is 5.32 Å². The van der Waals surface area contributed by atoms with Crippen LogP contribution in [0.15, 0.2) is 24.3 Å². The summed E-state index contributed by atoms with van der Waals surface area (Å²) in [5.74, 6) is 0.320. The van der Waals surface area contributed by atoms with E-state index in [2.05, 4.69) is 5.32 Å². The van der Waals surface area contributed by atoms with E-state index in [1.807, 2.05) is 6.92 Å². The standard InChI is InChI=1S/C17H24F3N/c1-2-21-12-13-8-4-3-5-9-14(13)15-10-6-7-11-16(15)17(18,19)20/h6-7,10-11,13-14,21H,2-5,8-9,12H2,1H3. The lowest BCUT2D eigenvalue weighted by Crippen LogP contribution is -2.28. The van der Waals surface area contributed by atoms with Gasteiger partial charge in [-0.05, 0) is 49.4 Å². The molecule has 4 heteroatoms. The first-order valence-electron chi connectivity index (χ1n) is 7.91. The molecule has 1 aromatic carbocycles. The zero-order valence-corrected chi connectivity index (χ0v) is 12.5. The average Bonchev–Trinajstić information content (AvgIpc) is 2.69. The summed E-state index contributed by atoms with van der Waals surface area (Å²) in [6, 6.07) is 6.13. The Kier molecular flexibility index (Phi) is 5.68. The number of nitrogens with one attached hydrogen (secondary N) is 1. The molecule has 1 aliphatic rings. The molecule has 0 spiro atoms. The van der Waals surface area contributed by atoms with Crippen molar-refractivity contribution in [3.05, 3.63) is 35.4 Å². The van der Waals surface area contributed by atoms with Crippen molar-refractivity contribution in [1.82, 2.24) is 5.32 Å². The Balaban J connectivity index is 2.31. The lowest BCUT2D eigenvalue weighted by atomic mass is 9.80. The minimum Gasteiger partial charge on any atom is -0.317 e. The summed E-state index contributed by atoms with van der Waals surface area (Å²) in [6.07, 6.45) is 0.909. The molecule has 0 saturated heterocycles. The summed E-state index contributed by atoms with van der Waals surface area (Å²) in [7, 11) is 0. The van der Waals surface area contributed by atoms with Crippen molar-refractivity contribution < 1.29 is 13.2 Å². The minimum atomic E-state index is -4.26. The Morgan fingerprint density at radius 1 is 1.10 bits per heavy atom. The smallest absolute Gasteiger partial charge is 0.317 e. The largest absolute Gasteiger partial charge is 0.416 e. The molecule has 0 aromatic heterocycles. The summed E-state index contributed by atoms with van der Waals surface area (Å²) in [6.45, 7) is 3.72. The van der Waals surface area contributed by atoms with Crippen LogP contribution in [0.1, 0.15) is 56.1 Å². The molecule has 2 atom stereocenters. The van der Waals surface area contributed by atoms with Gasteiger partial charge in [-0.3, -0.25) is 0 Å². The van der Waals surface area contributed by atoms with Crippen LogP contribution in [0.3, 0.4) is 0 Å². The first-order chi connectivity index (χ1) is 10.0. The maximum absolute atomic E-state index is 13.3. The van der Waals surface area contributed by atoms with Gasteiger partial charge in [0.25, 0.3) is 0 Å². The quantitative estimate of drug-likeness (QED) is 0.773. The van der Waals surface area contributed by atoms with Gasteiger partial charge in [-0.25, -0.2) is 0 Å². The number of rotatable bonds is 4. The van der Waals surface area contributed by atoms with Crippen molar-refractivity contribution >= 4 is 0 Å². The topological polar surface area (TPSA) is 12.0 Å². The van der Waals surface area contributed by atoms with Crippen LogP contribution >= 0.6 is 0 Å². The van der Waals surface area contributed by atoms with Gasteiger partial charge in [0.1, 0.15) is 0 Å². The molecule has 2 rings (SSSR count). The van der Waals surface area contributed by atoms with E-state index in [1.54, 1.807) is 12.1 Å². The number of halogens is 3. The summed E-state index contributed by atoms with van der Waals surface area (Å²) in [4.78, 5) is 0. The van der Waals surface area contributed by atoms with Crippen molar-refractivity contribution in [2.24, 2.45) is 5.92 Å². The SMILES string of the molecule is CCNCC1CCCCCC1c1ccccc1C(F)(F)F. The van der Waals surface area contributed by atoms with Crippen molar-refractivity contribution in [1.29, 1.82) is 0 Å². The third-order valence-electron chi connectivity index (χ3n) is 4.48. The minimum absolute atomic E-state index is 0.0179. The lowest BCUT2D eigenvalue weighted by Gasteiger charge is -2.28. The molecular formula is C17H24F3N. The van der Waals surface area contributed by atoms with Gasteiger partial charge in [0, 0.05) is 0 Å². The van der Waals surface area contributed by atoms with Crippen molar-refractivity contribution in [3.8, 4) is 0 Å². The van der Waals surface area contributed by atoms with E-state index in [-0.39, 0.29) is 5.92 Å². The van der Waals surface area contributed by atoms with Crippen LogP contribution in [0.25, 0.3) is 0 Å². The Hall–Kier alpha value is -1.03. The molecule has 0 aliphatic heterocycles. The molecule has 118 valence electrons. The van der Waals surface area contributed by atoms with Gasteiger partial charge in [-0.1, -0.05) is 44.4 Å². The third-order valence-corrected chi connectivity index (χ3v) is 4.48. The van der Waals surface area contributed by atoms with Gasteiger partial charge in [0.05, 0.1) is 5.56 Å². The third kappa shape index (κ3) is 4.22. The van der Waals surface area contributed by atoms with Crippen LogP contribution in [-0.2, 0) is 6.18 Å². The summed E-state index contributed by atoms with van der Waals surface area (Å²) in [5.41, 5.74) is 0.0493.